The van der Waals surface area contributed by atoms with Gasteiger partial charge in [-0.1, -0.05) is 26.8 Å². The van der Waals surface area contributed by atoms with Crippen LogP contribution in [0.5, 0.6) is 0 Å². The molecule has 0 spiro atoms. The zero-order chi connectivity index (χ0) is 15.6. The highest BCUT2D eigenvalue weighted by molar-refractivity contribution is 5.87. The topological polar surface area (TPSA) is 79.5 Å². The number of hydrogen-bond donors (Lipinski definition) is 1. The van der Waals surface area contributed by atoms with Gasteiger partial charge in [0.05, 0.1) is 0 Å². The lowest BCUT2D eigenvalue weighted by atomic mass is 9.85. The number of rotatable bonds is 4. The zero-order valence-corrected chi connectivity index (χ0v) is 12.7. The van der Waals surface area contributed by atoms with E-state index in [1.807, 2.05) is 32.9 Å². The molecular weight excluding hydrogens is 268 g/mol. The van der Waals surface area contributed by atoms with Crippen LogP contribution in [-0.4, -0.2) is 45.9 Å². The summed E-state index contributed by atoms with van der Waals surface area (Å²) in [7, 11) is 0. The lowest BCUT2D eigenvalue weighted by molar-refractivity contribution is -0.125. The van der Waals surface area contributed by atoms with Crippen molar-refractivity contribution < 1.29 is 9.59 Å². The number of nitrogens with two attached hydrogens (primary N) is 1. The van der Waals surface area contributed by atoms with E-state index in [1.54, 1.807) is 22.2 Å². The van der Waals surface area contributed by atoms with Crippen molar-refractivity contribution in [2.24, 2.45) is 11.1 Å². The van der Waals surface area contributed by atoms with E-state index in [0.717, 1.165) is 5.56 Å². The molecule has 1 aliphatic heterocycles. The van der Waals surface area contributed by atoms with E-state index in [2.05, 4.69) is 4.98 Å². The summed E-state index contributed by atoms with van der Waals surface area (Å²) in [5.74, 6) is -0.459. The molecule has 0 aromatic carbocycles. The fraction of sp³-hybridized carbons (Fsp3) is 0.533. The van der Waals surface area contributed by atoms with E-state index >= 15 is 0 Å². The molecule has 1 aromatic rings. The van der Waals surface area contributed by atoms with E-state index < -0.39 is 11.9 Å². The van der Waals surface area contributed by atoms with Crippen molar-refractivity contribution in [3.8, 4) is 0 Å². The SMILES string of the molecule is CC(C)(C)C(C(N)=O)N1CCN(Cc2cccnc2)C1=O. The Morgan fingerprint density at radius 1 is 1.43 bits per heavy atom. The highest BCUT2D eigenvalue weighted by Gasteiger charge is 2.42. The monoisotopic (exact) mass is 290 g/mol. The number of amides is 3. The van der Waals surface area contributed by atoms with Crippen LogP contribution in [0.3, 0.4) is 0 Å². The molecule has 2 N–H and O–H groups in total. The van der Waals surface area contributed by atoms with Crippen LogP contribution >= 0.6 is 0 Å². The third-order valence-corrected chi connectivity index (χ3v) is 3.62. The quantitative estimate of drug-likeness (QED) is 0.905. The van der Waals surface area contributed by atoms with Gasteiger partial charge in [-0.2, -0.15) is 0 Å². The van der Waals surface area contributed by atoms with E-state index in [1.165, 1.54) is 0 Å². The Morgan fingerprint density at radius 3 is 2.67 bits per heavy atom. The summed E-state index contributed by atoms with van der Waals surface area (Å²) < 4.78 is 0. The molecule has 0 bridgehead atoms. The fourth-order valence-corrected chi connectivity index (χ4v) is 2.75. The number of pyridine rings is 1. The molecule has 1 fully saturated rings. The predicted molar refractivity (Wildman–Crippen MR) is 79.2 cm³/mol. The molecule has 1 unspecified atom stereocenters. The molecule has 114 valence electrons. The van der Waals surface area contributed by atoms with E-state index in [-0.39, 0.29) is 11.4 Å². The average molecular weight is 290 g/mol. The van der Waals surface area contributed by atoms with Gasteiger partial charge < -0.3 is 15.5 Å². The van der Waals surface area contributed by atoms with Gasteiger partial charge in [0.2, 0.25) is 5.91 Å². The summed E-state index contributed by atoms with van der Waals surface area (Å²) in [6.45, 7) is 7.36. The highest BCUT2D eigenvalue weighted by Crippen LogP contribution is 2.27. The minimum Gasteiger partial charge on any atom is -0.368 e. The minimum absolute atomic E-state index is 0.141. The van der Waals surface area contributed by atoms with Crippen molar-refractivity contribution in [3.63, 3.8) is 0 Å². The van der Waals surface area contributed by atoms with Gasteiger partial charge in [0.1, 0.15) is 6.04 Å². The van der Waals surface area contributed by atoms with E-state index in [4.69, 9.17) is 5.73 Å². The molecule has 0 aliphatic carbocycles. The van der Waals surface area contributed by atoms with E-state index in [0.29, 0.717) is 19.6 Å². The van der Waals surface area contributed by atoms with Gasteiger partial charge in [-0.15, -0.1) is 0 Å². The summed E-state index contributed by atoms with van der Waals surface area (Å²) in [6, 6.07) is 3.04. The Morgan fingerprint density at radius 2 is 2.14 bits per heavy atom. The van der Waals surface area contributed by atoms with Crippen LogP contribution in [-0.2, 0) is 11.3 Å². The van der Waals surface area contributed by atoms with Gasteiger partial charge in [-0.3, -0.25) is 9.78 Å². The maximum Gasteiger partial charge on any atom is 0.321 e. The molecule has 21 heavy (non-hydrogen) atoms. The molecule has 1 aromatic heterocycles. The van der Waals surface area contributed by atoms with Crippen LogP contribution in [0.25, 0.3) is 0 Å². The molecule has 3 amide bonds. The minimum atomic E-state index is -0.594. The van der Waals surface area contributed by atoms with Crippen molar-refractivity contribution in [1.29, 1.82) is 0 Å². The molecular formula is C15H22N4O2. The summed E-state index contributed by atoms with van der Waals surface area (Å²) in [5, 5.41) is 0. The van der Waals surface area contributed by atoms with Crippen LogP contribution in [0.4, 0.5) is 4.79 Å². The van der Waals surface area contributed by atoms with Crippen LogP contribution < -0.4 is 5.73 Å². The summed E-state index contributed by atoms with van der Waals surface area (Å²) >= 11 is 0. The number of nitrogens with zero attached hydrogens (tertiary/aromatic N) is 3. The van der Waals surface area contributed by atoms with Crippen LogP contribution in [0.15, 0.2) is 24.5 Å². The lowest BCUT2D eigenvalue weighted by Crippen LogP contribution is -2.53. The third kappa shape index (κ3) is 3.32. The molecule has 1 atom stereocenters. The summed E-state index contributed by atoms with van der Waals surface area (Å²) in [6.07, 6.45) is 3.44. The van der Waals surface area contributed by atoms with Gasteiger partial charge in [-0.05, 0) is 17.0 Å². The van der Waals surface area contributed by atoms with Gasteiger partial charge >= 0.3 is 6.03 Å². The van der Waals surface area contributed by atoms with Crippen molar-refractivity contribution >= 4 is 11.9 Å². The number of urea groups is 1. The fourth-order valence-electron chi connectivity index (χ4n) is 2.75. The first kappa shape index (κ1) is 15.3. The smallest absolute Gasteiger partial charge is 0.321 e. The Labute approximate surface area is 124 Å². The first-order chi connectivity index (χ1) is 9.80. The second-order valence-electron chi connectivity index (χ2n) is 6.43. The largest absolute Gasteiger partial charge is 0.368 e. The zero-order valence-electron chi connectivity index (χ0n) is 12.7. The molecule has 1 aliphatic rings. The number of hydrogen-bond acceptors (Lipinski definition) is 3. The Bertz CT molecular complexity index is 524. The third-order valence-electron chi connectivity index (χ3n) is 3.62. The van der Waals surface area contributed by atoms with Crippen molar-refractivity contribution in [2.45, 2.75) is 33.4 Å². The average Bonchev–Trinajstić information content (AvgIpc) is 2.71. The first-order valence-corrected chi connectivity index (χ1v) is 7.04. The van der Waals surface area contributed by atoms with Gasteiger partial charge in [0.25, 0.3) is 0 Å². The normalized spacial score (nSPS) is 17.2. The Kier molecular flexibility index (Phi) is 4.16. The molecule has 2 heterocycles. The molecule has 0 radical (unpaired) electrons. The number of carbonyl (C=O) groups excluding carboxylic acids is 2. The maximum absolute atomic E-state index is 12.5. The molecule has 2 rings (SSSR count). The summed E-state index contributed by atoms with van der Waals surface area (Å²) in [4.78, 5) is 31.6. The molecule has 1 saturated heterocycles. The molecule has 6 heteroatoms. The van der Waals surface area contributed by atoms with Crippen molar-refractivity contribution in [2.75, 3.05) is 13.1 Å². The van der Waals surface area contributed by atoms with Crippen molar-refractivity contribution in [1.82, 2.24) is 14.8 Å². The molecule has 0 saturated carbocycles. The van der Waals surface area contributed by atoms with Crippen LogP contribution in [0.1, 0.15) is 26.3 Å². The van der Waals surface area contributed by atoms with Crippen LogP contribution in [0.2, 0.25) is 0 Å². The maximum atomic E-state index is 12.5. The van der Waals surface area contributed by atoms with E-state index in [9.17, 15) is 9.59 Å². The highest BCUT2D eigenvalue weighted by atomic mass is 16.2. The Hall–Kier alpha value is -2.11. The number of carbonyl (C=O) groups is 2. The van der Waals surface area contributed by atoms with Crippen LogP contribution in [0, 0.1) is 5.41 Å². The lowest BCUT2D eigenvalue weighted by Gasteiger charge is -2.35. The standard InChI is InChI=1S/C15H22N4O2/c1-15(2,3)12(13(16)20)19-8-7-18(14(19)21)10-11-5-4-6-17-9-11/h4-6,9,12H,7-8,10H2,1-3H3,(H2,16,20). The van der Waals surface area contributed by atoms with Crippen molar-refractivity contribution in [3.05, 3.63) is 30.1 Å². The van der Waals surface area contributed by atoms with Gasteiger partial charge in [0.15, 0.2) is 0 Å². The first-order valence-electron chi connectivity index (χ1n) is 7.04. The number of primary amides is 1. The molecule has 6 nitrogen and oxygen atoms in total. The Balaban J connectivity index is 2.12. The second-order valence-corrected chi connectivity index (χ2v) is 6.43. The predicted octanol–water partition coefficient (Wildman–Crippen LogP) is 1.22. The second kappa shape index (κ2) is 5.71. The van der Waals surface area contributed by atoms with Gasteiger partial charge in [-0.25, -0.2) is 4.79 Å². The number of aromatic nitrogens is 1. The summed E-state index contributed by atoms with van der Waals surface area (Å²) in [5.41, 5.74) is 6.09. The van der Waals surface area contributed by atoms with Gasteiger partial charge in [0, 0.05) is 32.0 Å².